The van der Waals surface area contributed by atoms with Crippen molar-refractivity contribution < 1.29 is 28.6 Å². The average molecular weight is 867 g/mol. The molecule has 5 atom stereocenters. The highest BCUT2D eigenvalue weighted by Gasteiger charge is 2.37. The molecule has 0 aliphatic carbocycles. The number of alkyl carbamates (subject to hydrolysis) is 1. The molecular weight excluding hydrogens is 797 g/mol. The lowest BCUT2D eigenvalue weighted by atomic mass is 9.84. The number of ether oxygens (including phenoxy) is 3. The third-order valence-corrected chi connectivity index (χ3v) is 13.6. The number of amides is 2. The second-order valence-corrected chi connectivity index (χ2v) is 20.2. The molecule has 1 aromatic carbocycles. The molecule has 0 radical (unpaired) electrons. The summed E-state index contributed by atoms with van der Waals surface area (Å²) in [5.74, 6) is -0.707. The van der Waals surface area contributed by atoms with Gasteiger partial charge in [0, 0.05) is 87.4 Å². The first-order valence-electron chi connectivity index (χ1n) is 23.4. The number of rotatable bonds is 6. The van der Waals surface area contributed by atoms with E-state index < -0.39 is 35.2 Å². The summed E-state index contributed by atoms with van der Waals surface area (Å²) >= 11 is 0. The van der Waals surface area contributed by atoms with Crippen LogP contribution < -0.4 is 15.6 Å². The van der Waals surface area contributed by atoms with Crippen molar-refractivity contribution in [1.29, 1.82) is 0 Å². The largest absolute Gasteiger partial charge is 0.464 e. The fourth-order valence-electron chi connectivity index (χ4n) is 10.4. The second kappa shape index (κ2) is 18.5. The maximum atomic E-state index is 14.3. The molecule has 3 aromatic rings. The number of hydrogen-bond donors (Lipinski definition) is 2. The Kier molecular flexibility index (Phi) is 13.3. The van der Waals surface area contributed by atoms with Gasteiger partial charge in [-0.15, -0.1) is 0 Å². The fourth-order valence-corrected chi connectivity index (χ4v) is 10.4. The van der Waals surface area contributed by atoms with E-state index in [-0.39, 0.29) is 25.2 Å². The zero-order valence-corrected chi connectivity index (χ0v) is 38.9. The van der Waals surface area contributed by atoms with Crippen LogP contribution in [-0.2, 0) is 36.8 Å². The summed E-state index contributed by atoms with van der Waals surface area (Å²) in [5, 5.41) is 5.53. The van der Waals surface area contributed by atoms with Crippen LogP contribution in [0.15, 0.2) is 36.5 Å². The molecule has 5 aliphatic heterocycles. The summed E-state index contributed by atoms with van der Waals surface area (Å²) in [7, 11) is 1.75. The van der Waals surface area contributed by atoms with E-state index in [1.54, 1.807) is 27.9 Å². The van der Waals surface area contributed by atoms with Gasteiger partial charge in [-0.25, -0.2) is 10.2 Å². The van der Waals surface area contributed by atoms with Gasteiger partial charge in [0.05, 0.1) is 36.0 Å². The molecule has 3 fully saturated rings. The topological polar surface area (TPSA) is 134 Å². The monoisotopic (exact) mass is 867 g/mol. The SMILES string of the molecule is CCn1c(-c2cc(N3CCN4CCCC[C@@H]4C3)cnc2[C@H](C)OC)c2c3cc(ccc31)C1=CCCN(C1)C[C@H](NC(=O)OC(C)(C)C)C(=O)N1CCC[C@H](N1)C(=O)OCC(C)(C)C2. The Morgan fingerprint density at radius 1 is 1.05 bits per heavy atom. The number of piperazine rings is 1. The lowest BCUT2D eigenvalue weighted by Crippen LogP contribution is -2.62. The first-order valence-corrected chi connectivity index (χ1v) is 23.4. The van der Waals surface area contributed by atoms with E-state index in [1.807, 2.05) is 6.20 Å². The molecule has 6 bridgehead atoms. The Bertz CT molecular complexity index is 2210. The molecule has 5 aliphatic rings. The van der Waals surface area contributed by atoms with Gasteiger partial charge in [-0.3, -0.25) is 29.4 Å². The van der Waals surface area contributed by atoms with Gasteiger partial charge in [0.25, 0.3) is 5.91 Å². The zero-order valence-electron chi connectivity index (χ0n) is 38.9. The van der Waals surface area contributed by atoms with Crippen LogP contribution in [0.5, 0.6) is 0 Å². The second-order valence-electron chi connectivity index (χ2n) is 20.2. The molecule has 3 saturated heterocycles. The number of methoxy groups -OCH3 is 1. The van der Waals surface area contributed by atoms with E-state index in [4.69, 9.17) is 19.2 Å². The number of pyridine rings is 1. The van der Waals surface area contributed by atoms with E-state index in [0.29, 0.717) is 38.4 Å². The Morgan fingerprint density at radius 2 is 1.87 bits per heavy atom. The Labute approximate surface area is 373 Å². The van der Waals surface area contributed by atoms with Crippen molar-refractivity contribution in [3.8, 4) is 11.3 Å². The number of esters is 1. The summed E-state index contributed by atoms with van der Waals surface area (Å²) < 4.78 is 20.3. The lowest BCUT2D eigenvalue weighted by Gasteiger charge is -2.45. The van der Waals surface area contributed by atoms with Crippen molar-refractivity contribution in [3.63, 3.8) is 0 Å². The van der Waals surface area contributed by atoms with Gasteiger partial charge in [-0.1, -0.05) is 32.4 Å². The summed E-state index contributed by atoms with van der Waals surface area (Å²) in [6.45, 7) is 21.2. The van der Waals surface area contributed by atoms with Crippen molar-refractivity contribution in [3.05, 3.63) is 53.4 Å². The number of anilines is 1. The molecule has 14 heteroatoms. The maximum Gasteiger partial charge on any atom is 0.408 e. The first kappa shape index (κ1) is 45.1. The van der Waals surface area contributed by atoms with Gasteiger partial charge < -0.3 is 29.0 Å². The van der Waals surface area contributed by atoms with E-state index in [2.05, 4.69) is 88.0 Å². The van der Waals surface area contributed by atoms with Crippen molar-refractivity contribution in [2.24, 2.45) is 5.41 Å². The normalized spacial score (nSPS) is 25.4. The minimum absolute atomic E-state index is 0.185. The summed E-state index contributed by atoms with van der Waals surface area (Å²) in [5.41, 5.74) is 10.8. The molecule has 7 heterocycles. The van der Waals surface area contributed by atoms with Crippen molar-refractivity contribution in [2.75, 3.05) is 71.0 Å². The zero-order chi connectivity index (χ0) is 44.6. The number of benzene rings is 1. The number of aromatic nitrogens is 2. The molecule has 1 unspecified atom stereocenters. The highest BCUT2D eigenvalue weighted by atomic mass is 16.6. The number of fused-ring (bicyclic) bond motifs is 7. The minimum Gasteiger partial charge on any atom is -0.464 e. The number of hydrazine groups is 1. The van der Waals surface area contributed by atoms with Gasteiger partial charge in [-0.2, -0.15) is 0 Å². The number of carbonyl (C=O) groups is 3. The molecule has 2 aromatic heterocycles. The molecule has 0 spiro atoms. The molecule has 63 heavy (non-hydrogen) atoms. The van der Waals surface area contributed by atoms with Crippen LogP contribution in [0.25, 0.3) is 27.7 Å². The van der Waals surface area contributed by atoms with E-state index in [0.717, 1.165) is 78.2 Å². The highest BCUT2D eigenvalue weighted by molar-refractivity contribution is 5.95. The predicted octanol–water partition coefficient (Wildman–Crippen LogP) is 6.71. The summed E-state index contributed by atoms with van der Waals surface area (Å²) in [4.78, 5) is 54.0. The van der Waals surface area contributed by atoms with Gasteiger partial charge in [0.2, 0.25) is 0 Å². The Hall–Kier alpha value is -4.50. The van der Waals surface area contributed by atoms with Crippen LogP contribution in [-0.4, -0.2) is 132 Å². The van der Waals surface area contributed by atoms with Crippen LogP contribution in [0.2, 0.25) is 0 Å². The van der Waals surface area contributed by atoms with Gasteiger partial charge >= 0.3 is 12.1 Å². The lowest BCUT2D eigenvalue weighted by molar-refractivity contribution is -0.155. The molecule has 8 rings (SSSR count). The Morgan fingerprint density at radius 3 is 2.65 bits per heavy atom. The molecule has 2 amide bonds. The molecule has 2 N–H and O–H groups in total. The third kappa shape index (κ3) is 9.94. The molecular formula is C49H70N8O6. The van der Waals surface area contributed by atoms with E-state index >= 15 is 0 Å². The van der Waals surface area contributed by atoms with Crippen LogP contribution in [0.1, 0.15) is 110 Å². The van der Waals surface area contributed by atoms with Gasteiger partial charge in [0.15, 0.2) is 0 Å². The van der Waals surface area contributed by atoms with Crippen molar-refractivity contribution in [2.45, 2.75) is 130 Å². The summed E-state index contributed by atoms with van der Waals surface area (Å²) in [6.07, 6.45) is 9.84. The number of cyclic esters (lactones) is 1. The number of nitrogens with zero attached hydrogens (tertiary/aromatic N) is 6. The van der Waals surface area contributed by atoms with Gasteiger partial charge in [-0.05, 0) is 115 Å². The average Bonchev–Trinajstić information content (AvgIpc) is 3.57. The number of piperidine rings is 1. The number of hydrogen-bond acceptors (Lipinski definition) is 11. The van der Waals surface area contributed by atoms with E-state index in [9.17, 15) is 14.4 Å². The number of carbonyl (C=O) groups excluding carboxylic acids is 3. The van der Waals surface area contributed by atoms with E-state index in [1.165, 1.54) is 42.0 Å². The summed E-state index contributed by atoms with van der Waals surface area (Å²) in [6, 6.07) is 8.12. The van der Waals surface area contributed by atoms with Crippen LogP contribution in [0, 0.1) is 5.41 Å². The standard InChI is InChI=1S/C49H70N8O6/c1-9-56-42-18-17-33-24-37(42)39(44(56)38-25-36(27-50-43(38)32(2)61-8)55-23-22-54-20-11-10-15-35(54)29-55)26-49(6,7)31-62-46(59)40-16-13-21-57(52-40)45(58)41(51-47(60)63-48(3,4)5)30-53-19-12-14-34(33)28-53/h14,17-18,24-25,27,32,35,40-41,52H,9-13,15-16,19-23,26,28-31H2,1-8H3,(H,51,60)/t32-,35+,40-,41-/m0/s1. The molecule has 14 nitrogen and oxygen atoms in total. The van der Waals surface area contributed by atoms with Crippen LogP contribution >= 0.6 is 0 Å². The van der Waals surface area contributed by atoms with Crippen molar-refractivity contribution in [1.82, 2.24) is 35.1 Å². The number of nitrogens with one attached hydrogen (secondary N) is 2. The van der Waals surface area contributed by atoms with Crippen LogP contribution in [0.3, 0.4) is 0 Å². The fraction of sp³-hybridized carbons (Fsp3) is 0.633. The van der Waals surface area contributed by atoms with Gasteiger partial charge in [0.1, 0.15) is 17.7 Å². The maximum absolute atomic E-state index is 14.3. The highest BCUT2D eigenvalue weighted by Crippen LogP contribution is 2.43. The Balaban J connectivity index is 1.23. The molecule has 342 valence electrons. The quantitative estimate of drug-likeness (QED) is 0.257. The first-order chi connectivity index (χ1) is 30.1. The number of aryl methyl sites for hydroxylation is 1. The minimum atomic E-state index is -0.908. The van der Waals surface area contributed by atoms with Crippen LogP contribution in [0.4, 0.5) is 10.5 Å². The molecule has 0 saturated carbocycles. The smallest absolute Gasteiger partial charge is 0.408 e. The predicted molar refractivity (Wildman–Crippen MR) is 246 cm³/mol. The third-order valence-electron chi connectivity index (χ3n) is 13.6. The van der Waals surface area contributed by atoms with Crippen molar-refractivity contribution >= 4 is 40.1 Å².